The average molecular weight is 462 g/mol. The van der Waals surface area contributed by atoms with Gasteiger partial charge in [0, 0.05) is 37.2 Å². The monoisotopic (exact) mass is 461 g/mol. The lowest BCUT2D eigenvalue weighted by Crippen LogP contribution is -2.52. The molecule has 1 aromatic carbocycles. The number of piperidine rings is 2. The van der Waals surface area contributed by atoms with Crippen LogP contribution in [0.4, 0.5) is 0 Å². The van der Waals surface area contributed by atoms with Crippen molar-refractivity contribution in [1.29, 1.82) is 0 Å². The normalized spacial score (nSPS) is 29.1. The third kappa shape index (κ3) is 5.17. The molecule has 1 aromatic rings. The van der Waals surface area contributed by atoms with Crippen molar-refractivity contribution in [2.24, 2.45) is 17.8 Å². The van der Waals surface area contributed by atoms with E-state index >= 15 is 0 Å². The number of carbonyl (C=O) groups excluding carboxylic acids is 2. The minimum Gasteiger partial charge on any atom is -0.353 e. The van der Waals surface area contributed by atoms with E-state index in [1.165, 1.54) is 29.3 Å². The molecule has 7 nitrogen and oxygen atoms in total. The summed E-state index contributed by atoms with van der Waals surface area (Å²) in [6.07, 6.45) is 7.83. The molecule has 1 aliphatic carbocycles. The Morgan fingerprint density at radius 2 is 1.81 bits per heavy atom. The van der Waals surface area contributed by atoms with Gasteiger partial charge < -0.3 is 10.6 Å². The topological polar surface area (TPSA) is 95.6 Å². The Morgan fingerprint density at radius 3 is 2.53 bits per heavy atom. The summed E-state index contributed by atoms with van der Waals surface area (Å²) in [5.41, 5.74) is 0.428. The zero-order valence-electron chi connectivity index (χ0n) is 18.9. The molecule has 4 atom stereocenters. The minimum atomic E-state index is -3.50. The van der Waals surface area contributed by atoms with Gasteiger partial charge in [0.15, 0.2) is 0 Å². The molecule has 4 rings (SSSR count). The second kappa shape index (κ2) is 9.91. The lowest BCUT2D eigenvalue weighted by atomic mass is 9.72. The summed E-state index contributed by atoms with van der Waals surface area (Å²) in [6.45, 7) is 3.79. The molecular weight excluding hydrogens is 426 g/mol. The number of fused-ring (bicyclic) bond motifs is 1. The van der Waals surface area contributed by atoms with Gasteiger partial charge in [-0.15, -0.1) is 0 Å². The van der Waals surface area contributed by atoms with Gasteiger partial charge >= 0.3 is 0 Å². The van der Waals surface area contributed by atoms with Crippen molar-refractivity contribution < 1.29 is 18.0 Å². The van der Waals surface area contributed by atoms with Gasteiger partial charge in [0.05, 0.1) is 4.90 Å². The molecule has 3 fully saturated rings. The number of carbonyl (C=O) groups is 2. The molecular formula is C24H35N3O4S. The molecule has 176 valence electrons. The highest BCUT2D eigenvalue weighted by Crippen LogP contribution is 2.36. The Balaban J connectivity index is 1.28. The molecule has 32 heavy (non-hydrogen) atoms. The Bertz CT molecular complexity index is 925. The third-order valence-electron chi connectivity index (χ3n) is 7.39. The first-order chi connectivity index (χ1) is 15.3. The quantitative estimate of drug-likeness (QED) is 0.681. The number of nitrogens with one attached hydrogen (secondary N) is 2. The van der Waals surface area contributed by atoms with Gasteiger partial charge in [-0.1, -0.05) is 19.8 Å². The number of rotatable bonds is 6. The van der Waals surface area contributed by atoms with Gasteiger partial charge in [-0.25, -0.2) is 8.42 Å². The number of sulfonamides is 1. The summed E-state index contributed by atoms with van der Waals surface area (Å²) < 4.78 is 27.0. The average Bonchev–Trinajstić information content (AvgIpc) is 2.80. The molecule has 0 aromatic heterocycles. The smallest absolute Gasteiger partial charge is 0.251 e. The van der Waals surface area contributed by atoms with Gasteiger partial charge in [-0.3, -0.25) is 9.59 Å². The Labute approximate surface area is 191 Å². The van der Waals surface area contributed by atoms with Crippen LogP contribution >= 0.6 is 0 Å². The second-order valence-electron chi connectivity index (χ2n) is 9.76. The van der Waals surface area contributed by atoms with Crippen LogP contribution in [0.25, 0.3) is 0 Å². The van der Waals surface area contributed by atoms with Gasteiger partial charge in [0.2, 0.25) is 15.9 Å². The van der Waals surface area contributed by atoms with Crippen molar-refractivity contribution >= 4 is 21.8 Å². The molecule has 8 heteroatoms. The van der Waals surface area contributed by atoms with Crippen molar-refractivity contribution in [3.63, 3.8) is 0 Å². The summed E-state index contributed by atoms with van der Waals surface area (Å²) in [7, 11) is -3.50. The number of amides is 2. The van der Waals surface area contributed by atoms with Crippen molar-refractivity contribution in [3.8, 4) is 0 Å². The minimum absolute atomic E-state index is 0.0537. The zero-order chi connectivity index (χ0) is 22.7. The zero-order valence-corrected chi connectivity index (χ0v) is 19.7. The van der Waals surface area contributed by atoms with Crippen LogP contribution in [0.2, 0.25) is 0 Å². The van der Waals surface area contributed by atoms with Crippen LogP contribution in [-0.4, -0.2) is 50.2 Å². The van der Waals surface area contributed by atoms with Gasteiger partial charge in [0.25, 0.3) is 5.91 Å². The molecule has 0 spiro atoms. The van der Waals surface area contributed by atoms with E-state index in [0.717, 1.165) is 32.1 Å². The molecule has 2 heterocycles. The van der Waals surface area contributed by atoms with E-state index < -0.39 is 10.0 Å². The lowest BCUT2D eigenvalue weighted by Gasteiger charge is -2.41. The lowest BCUT2D eigenvalue weighted by molar-refractivity contribution is -0.130. The first kappa shape index (κ1) is 23.2. The SMILES string of the molecule is CC1CCC2CC(CCNC(=O)c3ccc(S(=O)(=O)N4CCCCC4)cc3)C(=O)NC2C1. The Kier molecular flexibility index (Phi) is 7.20. The highest BCUT2D eigenvalue weighted by molar-refractivity contribution is 7.89. The van der Waals surface area contributed by atoms with E-state index in [-0.39, 0.29) is 22.6 Å². The van der Waals surface area contributed by atoms with Crippen LogP contribution in [0.1, 0.15) is 68.6 Å². The van der Waals surface area contributed by atoms with Crippen LogP contribution in [0.5, 0.6) is 0 Å². The van der Waals surface area contributed by atoms with E-state index in [4.69, 9.17) is 0 Å². The maximum atomic E-state index is 12.8. The van der Waals surface area contributed by atoms with Gasteiger partial charge in [0.1, 0.15) is 0 Å². The summed E-state index contributed by atoms with van der Waals surface area (Å²) in [4.78, 5) is 25.2. The standard InChI is InChI=1S/C24H35N3O4S/c1-17-5-6-19-16-20(24(29)26-22(19)15-17)11-12-25-23(28)18-7-9-21(10-8-18)32(30,31)27-13-3-2-4-14-27/h7-10,17,19-20,22H,2-6,11-16H2,1H3,(H,25,28)(H,26,29). The Hall–Kier alpha value is -1.93. The third-order valence-corrected chi connectivity index (χ3v) is 9.30. The highest BCUT2D eigenvalue weighted by Gasteiger charge is 2.38. The number of benzene rings is 1. The predicted molar refractivity (Wildman–Crippen MR) is 123 cm³/mol. The van der Waals surface area contributed by atoms with Crippen molar-refractivity contribution in [1.82, 2.24) is 14.9 Å². The number of nitrogens with zero attached hydrogens (tertiary/aromatic N) is 1. The van der Waals surface area contributed by atoms with Crippen LogP contribution in [0.3, 0.4) is 0 Å². The molecule has 3 aliphatic rings. The first-order valence-corrected chi connectivity index (χ1v) is 13.5. The number of hydrogen-bond donors (Lipinski definition) is 2. The van der Waals surface area contributed by atoms with E-state index in [1.54, 1.807) is 12.1 Å². The molecule has 4 unspecified atom stereocenters. The molecule has 2 aliphatic heterocycles. The van der Waals surface area contributed by atoms with Crippen molar-refractivity contribution in [2.75, 3.05) is 19.6 Å². The van der Waals surface area contributed by atoms with Crippen molar-refractivity contribution in [3.05, 3.63) is 29.8 Å². The largest absolute Gasteiger partial charge is 0.353 e. The number of hydrogen-bond acceptors (Lipinski definition) is 4. The summed E-state index contributed by atoms with van der Waals surface area (Å²) in [5.74, 6) is 1.05. The van der Waals surface area contributed by atoms with Crippen LogP contribution < -0.4 is 10.6 Å². The molecule has 0 radical (unpaired) electrons. The van der Waals surface area contributed by atoms with E-state index in [1.807, 2.05) is 0 Å². The fraction of sp³-hybridized carbons (Fsp3) is 0.667. The van der Waals surface area contributed by atoms with Crippen LogP contribution in [0.15, 0.2) is 29.2 Å². The second-order valence-corrected chi connectivity index (χ2v) is 11.7. The molecule has 2 saturated heterocycles. The molecule has 0 bridgehead atoms. The maximum Gasteiger partial charge on any atom is 0.251 e. The first-order valence-electron chi connectivity index (χ1n) is 12.0. The molecule has 2 amide bonds. The van der Waals surface area contributed by atoms with Crippen LogP contribution in [0, 0.1) is 17.8 Å². The summed E-state index contributed by atoms with van der Waals surface area (Å²) in [6, 6.07) is 6.47. The van der Waals surface area contributed by atoms with E-state index in [2.05, 4.69) is 17.6 Å². The predicted octanol–water partition coefficient (Wildman–Crippen LogP) is 2.92. The highest BCUT2D eigenvalue weighted by atomic mass is 32.2. The maximum absolute atomic E-state index is 12.8. The summed E-state index contributed by atoms with van der Waals surface area (Å²) in [5, 5.41) is 6.09. The fourth-order valence-corrected chi connectivity index (χ4v) is 6.94. The van der Waals surface area contributed by atoms with Gasteiger partial charge in [-0.05, 0) is 74.6 Å². The Morgan fingerprint density at radius 1 is 1.09 bits per heavy atom. The van der Waals surface area contributed by atoms with E-state index in [0.29, 0.717) is 49.5 Å². The van der Waals surface area contributed by atoms with E-state index in [9.17, 15) is 18.0 Å². The summed E-state index contributed by atoms with van der Waals surface area (Å²) >= 11 is 0. The molecule has 2 N–H and O–H groups in total. The fourth-order valence-electron chi connectivity index (χ4n) is 5.42. The van der Waals surface area contributed by atoms with Crippen LogP contribution in [-0.2, 0) is 14.8 Å². The molecule has 1 saturated carbocycles. The van der Waals surface area contributed by atoms with Gasteiger partial charge in [-0.2, -0.15) is 4.31 Å². The van der Waals surface area contributed by atoms with Crippen molar-refractivity contribution in [2.45, 2.75) is 69.2 Å².